The Morgan fingerprint density at radius 3 is 2.53 bits per heavy atom. The molecule has 1 N–H and O–H groups in total. The van der Waals surface area contributed by atoms with Crippen molar-refractivity contribution >= 4 is 24.5 Å². The molecule has 0 fully saturated rings. The molecule has 1 atom stereocenters. The summed E-state index contributed by atoms with van der Waals surface area (Å²) in [6.07, 6.45) is 0.238. The van der Waals surface area contributed by atoms with Crippen molar-refractivity contribution in [2.24, 2.45) is 0 Å². The van der Waals surface area contributed by atoms with Crippen molar-refractivity contribution in [3.05, 3.63) is 35.9 Å². The highest BCUT2D eigenvalue weighted by Crippen LogP contribution is 2.00. The van der Waals surface area contributed by atoms with Gasteiger partial charge in [0.15, 0.2) is 0 Å². The van der Waals surface area contributed by atoms with Crippen LogP contribution in [-0.2, 0) is 20.7 Å². The van der Waals surface area contributed by atoms with Gasteiger partial charge in [-0.15, -0.1) is 0 Å². The number of methoxy groups -OCH3 is 1. The first-order chi connectivity index (χ1) is 8.17. The Morgan fingerprint density at radius 1 is 1.35 bits per heavy atom. The molecule has 0 heterocycles. The van der Waals surface area contributed by atoms with Gasteiger partial charge >= 0.3 is 5.97 Å². The lowest BCUT2D eigenvalue weighted by Gasteiger charge is -2.13. The molecule has 0 radical (unpaired) electrons. The molecule has 0 spiro atoms. The molecule has 1 rings (SSSR count). The van der Waals surface area contributed by atoms with E-state index >= 15 is 0 Å². The molecule has 1 aromatic rings. The highest BCUT2D eigenvalue weighted by molar-refractivity contribution is 7.80. The first-order valence-corrected chi connectivity index (χ1v) is 5.82. The monoisotopic (exact) mass is 253 g/mol. The number of esters is 1. The number of amides is 1. The van der Waals surface area contributed by atoms with Crippen LogP contribution in [0.5, 0.6) is 0 Å². The Bertz CT molecular complexity index is 381. The summed E-state index contributed by atoms with van der Waals surface area (Å²) in [7, 11) is 1.28. The van der Waals surface area contributed by atoms with E-state index in [1.807, 2.05) is 30.3 Å². The van der Waals surface area contributed by atoms with Gasteiger partial charge < -0.3 is 10.1 Å². The Labute approximate surface area is 106 Å². The van der Waals surface area contributed by atoms with Crippen LogP contribution in [-0.4, -0.2) is 30.8 Å². The van der Waals surface area contributed by atoms with Gasteiger partial charge in [-0.2, -0.15) is 12.6 Å². The van der Waals surface area contributed by atoms with Crippen molar-refractivity contribution < 1.29 is 14.3 Å². The summed E-state index contributed by atoms with van der Waals surface area (Å²) in [6, 6.07) is 8.62. The van der Waals surface area contributed by atoms with E-state index in [0.29, 0.717) is 0 Å². The lowest BCUT2D eigenvalue weighted by Crippen LogP contribution is -2.43. The van der Waals surface area contributed by atoms with E-state index in [1.165, 1.54) is 7.11 Å². The second kappa shape index (κ2) is 6.96. The molecular formula is C12H15NO3S. The first-order valence-electron chi connectivity index (χ1n) is 5.19. The molecule has 5 heteroatoms. The van der Waals surface area contributed by atoms with E-state index in [2.05, 4.69) is 22.7 Å². The van der Waals surface area contributed by atoms with Crippen LogP contribution in [0.2, 0.25) is 0 Å². The number of carbonyl (C=O) groups is 2. The van der Waals surface area contributed by atoms with Gasteiger partial charge in [0.25, 0.3) is 0 Å². The highest BCUT2D eigenvalue weighted by atomic mass is 32.1. The second-order valence-electron chi connectivity index (χ2n) is 3.49. The van der Waals surface area contributed by atoms with Crippen molar-refractivity contribution in [1.82, 2.24) is 5.32 Å². The molecule has 4 nitrogen and oxygen atoms in total. The van der Waals surface area contributed by atoms with Gasteiger partial charge in [0.1, 0.15) is 6.04 Å². The van der Waals surface area contributed by atoms with E-state index in [1.54, 1.807) is 0 Å². The maximum atomic E-state index is 11.6. The molecule has 17 heavy (non-hydrogen) atoms. The summed E-state index contributed by atoms with van der Waals surface area (Å²) in [4.78, 5) is 22.9. The summed E-state index contributed by atoms with van der Waals surface area (Å²) in [5.41, 5.74) is 0.896. The van der Waals surface area contributed by atoms with Gasteiger partial charge in [0, 0.05) is 5.75 Å². The molecule has 0 aromatic heterocycles. The molecule has 0 aliphatic carbocycles. The lowest BCUT2D eigenvalue weighted by molar-refractivity contribution is -0.144. The first kappa shape index (κ1) is 13.6. The fourth-order valence-corrected chi connectivity index (χ4v) is 1.59. The number of hydrogen-bond donors (Lipinski definition) is 2. The second-order valence-corrected chi connectivity index (χ2v) is 3.85. The third kappa shape index (κ3) is 4.48. The number of hydrogen-bond acceptors (Lipinski definition) is 4. The zero-order chi connectivity index (χ0) is 12.7. The Kier molecular flexibility index (Phi) is 5.56. The zero-order valence-electron chi connectivity index (χ0n) is 9.55. The van der Waals surface area contributed by atoms with Gasteiger partial charge in [0.2, 0.25) is 5.91 Å². The lowest BCUT2D eigenvalue weighted by atomic mass is 10.1. The normalized spacial score (nSPS) is 11.6. The summed E-state index contributed by atoms with van der Waals surface area (Å²) < 4.78 is 4.55. The minimum Gasteiger partial charge on any atom is -0.467 e. The third-order valence-electron chi connectivity index (χ3n) is 2.21. The number of thiol groups is 1. The average Bonchev–Trinajstić information content (AvgIpc) is 2.36. The number of carbonyl (C=O) groups excluding carboxylic acids is 2. The van der Waals surface area contributed by atoms with E-state index in [-0.39, 0.29) is 18.1 Å². The Morgan fingerprint density at radius 2 is 2.00 bits per heavy atom. The van der Waals surface area contributed by atoms with E-state index in [9.17, 15) is 9.59 Å². The summed E-state index contributed by atoms with van der Waals surface area (Å²) in [5, 5.41) is 2.58. The summed E-state index contributed by atoms with van der Waals surface area (Å²) in [6.45, 7) is 0. The number of nitrogens with one attached hydrogen (secondary N) is 1. The standard InChI is InChI=1S/C12H15NO3S/c1-16-12(15)10(8-17)13-11(14)7-9-5-3-2-4-6-9/h2-6,10,17H,7-8H2,1H3,(H,13,14). The van der Waals surface area contributed by atoms with Crippen LogP contribution < -0.4 is 5.32 Å². The maximum absolute atomic E-state index is 11.6. The molecule has 0 saturated heterocycles. The molecule has 0 aliphatic heterocycles. The zero-order valence-corrected chi connectivity index (χ0v) is 10.4. The van der Waals surface area contributed by atoms with Crippen molar-refractivity contribution in [3.8, 4) is 0 Å². The largest absolute Gasteiger partial charge is 0.467 e. The fourth-order valence-electron chi connectivity index (χ4n) is 1.35. The molecule has 1 aromatic carbocycles. The van der Waals surface area contributed by atoms with Gasteiger partial charge in [-0.3, -0.25) is 4.79 Å². The van der Waals surface area contributed by atoms with Crippen molar-refractivity contribution in [3.63, 3.8) is 0 Å². The predicted molar refractivity (Wildman–Crippen MR) is 67.9 cm³/mol. The fraction of sp³-hybridized carbons (Fsp3) is 0.333. The van der Waals surface area contributed by atoms with Crippen LogP contribution in [0.3, 0.4) is 0 Å². The third-order valence-corrected chi connectivity index (χ3v) is 2.58. The Balaban J connectivity index is 2.51. The highest BCUT2D eigenvalue weighted by Gasteiger charge is 2.19. The molecule has 0 bridgehead atoms. The molecule has 1 amide bonds. The summed E-state index contributed by atoms with van der Waals surface area (Å²) >= 11 is 3.99. The number of ether oxygens (including phenoxy) is 1. The van der Waals surface area contributed by atoms with Crippen LogP contribution in [0, 0.1) is 0 Å². The molecule has 0 saturated carbocycles. The van der Waals surface area contributed by atoms with E-state index in [0.717, 1.165) is 5.56 Å². The predicted octanol–water partition coefficient (Wildman–Crippen LogP) is 0.817. The van der Waals surface area contributed by atoms with Gasteiger partial charge in [-0.1, -0.05) is 30.3 Å². The molecular weight excluding hydrogens is 238 g/mol. The number of rotatable bonds is 5. The minimum atomic E-state index is -0.695. The van der Waals surface area contributed by atoms with Gasteiger partial charge in [-0.05, 0) is 5.56 Å². The SMILES string of the molecule is COC(=O)C(CS)NC(=O)Cc1ccccc1. The van der Waals surface area contributed by atoms with Crippen LogP contribution in [0.4, 0.5) is 0 Å². The van der Waals surface area contributed by atoms with Crippen LogP contribution in [0.25, 0.3) is 0 Å². The molecule has 1 unspecified atom stereocenters. The van der Waals surface area contributed by atoms with Gasteiger partial charge in [-0.25, -0.2) is 4.79 Å². The molecule has 92 valence electrons. The minimum absolute atomic E-state index is 0.215. The quantitative estimate of drug-likeness (QED) is 0.603. The van der Waals surface area contributed by atoms with Crippen molar-refractivity contribution in [1.29, 1.82) is 0 Å². The number of benzene rings is 1. The van der Waals surface area contributed by atoms with Crippen LogP contribution in [0.15, 0.2) is 30.3 Å². The maximum Gasteiger partial charge on any atom is 0.329 e. The van der Waals surface area contributed by atoms with Crippen LogP contribution >= 0.6 is 12.6 Å². The summed E-state index contributed by atoms with van der Waals surface area (Å²) in [5.74, 6) is -0.491. The van der Waals surface area contributed by atoms with E-state index in [4.69, 9.17) is 0 Å². The van der Waals surface area contributed by atoms with E-state index < -0.39 is 12.0 Å². The Hall–Kier alpha value is -1.49. The van der Waals surface area contributed by atoms with Gasteiger partial charge in [0.05, 0.1) is 13.5 Å². The molecule has 0 aliphatic rings. The topological polar surface area (TPSA) is 55.4 Å². The van der Waals surface area contributed by atoms with Crippen LogP contribution in [0.1, 0.15) is 5.56 Å². The van der Waals surface area contributed by atoms with Crippen molar-refractivity contribution in [2.45, 2.75) is 12.5 Å². The van der Waals surface area contributed by atoms with Crippen molar-refractivity contribution in [2.75, 3.05) is 12.9 Å². The smallest absolute Gasteiger partial charge is 0.329 e. The average molecular weight is 253 g/mol.